The van der Waals surface area contributed by atoms with Gasteiger partial charge in [-0.1, -0.05) is 0 Å². The summed E-state index contributed by atoms with van der Waals surface area (Å²) in [4.78, 5) is 16.1. The van der Waals surface area contributed by atoms with Gasteiger partial charge in [-0.2, -0.15) is 0 Å². The van der Waals surface area contributed by atoms with Crippen LogP contribution in [0.2, 0.25) is 0 Å². The highest BCUT2D eigenvalue weighted by molar-refractivity contribution is 7.09. The van der Waals surface area contributed by atoms with Crippen molar-refractivity contribution < 1.29 is 9.53 Å². The highest BCUT2D eigenvalue weighted by atomic mass is 32.1. The SMILES string of the molecule is Cc1csc(CNC(=O)[C@@H]2CC[C@H](CN)O2)n1. The highest BCUT2D eigenvalue weighted by Gasteiger charge is 2.29. The summed E-state index contributed by atoms with van der Waals surface area (Å²) >= 11 is 1.55. The van der Waals surface area contributed by atoms with E-state index in [1.54, 1.807) is 11.3 Å². The average molecular weight is 255 g/mol. The van der Waals surface area contributed by atoms with E-state index in [2.05, 4.69) is 10.3 Å². The third-order valence-corrected chi connectivity index (χ3v) is 3.71. The Morgan fingerprint density at radius 3 is 3.12 bits per heavy atom. The van der Waals surface area contributed by atoms with Crippen LogP contribution in [-0.4, -0.2) is 29.6 Å². The first kappa shape index (κ1) is 12.5. The number of thiazole rings is 1. The molecule has 0 bridgehead atoms. The first-order valence-electron chi connectivity index (χ1n) is 5.73. The first-order chi connectivity index (χ1) is 8.19. The van der Waals surface area contributed by atoms with Gasteiger partial charge in [-0.3, -0.25) is 4.79 Å². The number of nitrogens with zero attached hydrogens (tertiary/aromatic N) is 1. The minimum absolute atomic E-state index is 0.0351. The largest absolute Gasteiger partial charge is 0.364 e. The van der Waals surface area contributed by atoms with E-state index < -0.39 is 0 Å². The van der Waals surface area contributed by atoms with Gasteiger partial charge >= 0.3 is 0 Å². The third kappa shape index (κ3) is 3.24. The Hall–Kier alpha value is -0.980. The molecule has 0 saturated carbocycles. The molecule has 0 unspecified atom stereocenters. The van der Waals surface area contributed by atoms with E-state index >= 15 is 0 Å². The minimum atomic E-state index is -0.343. The van der Waals surface area contributed by atoms with E-state index in [0.29, 0.717) is 13.1 Å². The van der Waals surface area contributed by atoms with Crippen molar-refractivity contribution in [2.45, 2.75) is 38.5 Å². The van der Waals surface area contributed by atoms with Gasteiger partial charge in [-0.05, 0) is 19.8 Å². The van der Waals surface area contributed by atoms with Crippen LogP contribution in [0.4, 0.5) is 0 Å². The molecule has 1 aliphatic heterocycles. The van der Waals surface area contributed by atoms with Crippen LogP contribution in [0.1, 0.15) is 23.5 Å². The lowest BCUT2D eigenvalue weighted by Crippen LogP contribution is -2.35. The van der Waals surface area contributed by atoms with Crippen LogP contribution < -0.4 is 11.1 Å². The minimum Gasteiger partial charge on any atom is -0.364 e. The molecular formula is C11H17N3O2S. The van der Waals surface area contributed by atoms with Crippen LogP contribution in [0.5, 0.6) is 0 Å². The smallest absolute Gasteiger partial charge is 0.249 e. The number of hydrogen-bond donors (Lipinski definition) is 2. The summed E-state index contributed by atoms with van der Waals surface area (Å²) in [7, 11) is 0. The topological polar surface area (TPSA) is 77.2 Å². The summed E-state index contributed by atoms with van der Waals surface area (Å²) in [5, 5.41) is 5.73. The first-order valence-corrected chi connectivity index (χ1v) is 6.61. The fourth-order valence-corrected chi connectivity index (χ4v) is 2.54. The van der Waals surface area contributed by atoms with E-state index in [-0.39, 0.29) is 18.1 Å². The predicted octanol–water partition coefficient (Wildman–Crippen LogP) is 0.574. The molecule has 1 fully saturated rings. The lowest BCUT2D eigenvalue weighted by Gasteiger charge is -2.11. The second-order valence-corrected chi connectivity index (χ2v) is 5.10. The van der Waals surface area contributed by atoms with E-state index in [0.717, 1.165) is 23.5 Å². The molecule has 0 aliphatic carbocycles. The fourth-order valence-electron chi connectivity index (χ4n) is 1.83. The van der Waals surface area contributed by atoms with E-state index in [9.17, 15) is 4.79 Å². The summed E-state index contributed by atoms with van der Waals surface area (Å²) < 4.78 is 5.51. The zero-order valence-electron chi connectivity index (χ0n) is 9.81. The lowest BCUT2D eigenvalue weighted by atomic mass is 10.2. The van der Waals surface area contributed by atoms with Crippen molar-refractivity contribution in [3.05, 3.63) is 16.1 Å². The van der Waals surface area contributed by atoms with Crippen molar-refractivity contribution in [3.63, 3.8) is 0 Å². The zero-order chi connectivity index (χ0) is 12.3. The predicted molar refractivity (Wildman–Crippen MR) is 65.6 cm³/mol. The average Bonchev–Trinajstić information content (AvgIpc) is 2.94. The van der Waals surface area contributed by atoms with Crippen molar-refractivity contribution in [1.82, 2.24) is 10.3 Å². The molecule has 1 amide bonds. The summed E-state index contributed by atoms with van der Waals surface area (Å²) in [6.07, 6.45) is 1.31. The highest BCUT2D eigenvalue weighted by Crippen LogP contribution is 2.19. The molecule has 2 atom stereocenters. The molecule has 2 heterocycles. The fraction of sp³-hybridized carbons (Fsp3) is 0.636. The van der Waals surface area contributed by atoms with Crippen LogP contribution in [-0.2, 0) is 16.1 Å². The van der Waals surface area contributed by atoms with Gasteiger partial charge in [0.25, 0.3) is 0 Å². The van der Waals surface area contributed by atoms with Crippen molar-refractivity contribution in [2.75, 3.05) is 6.54 Å². The molecule has 1 aliphatic rings. The van der Waals surface area contributed by atoms with Crippen LogP contribution in [0, 0.1) is 6.92 Å². The van der Waals surface area contributed by atoms with E-state index in [1.807, 2.05) is 12.3 Å². The van der Waals surface area contributed by atoms with Gasteiger partial charge < -0.3 is 15.8 Å². The summed E-state index contributed by atoms with van der Waals surface area (Å²) in [6, 6.07) is 0. The van der Waals surface area contributed by atoms with Crippen LogP contribution in [0.15, 0.2) is 5.38 Å². The van der Waals surface area contributed by atoms with Crippen molar-refractivity contribution >= 4 is 17.2 Å². The van der Waals surface area contributed by atoms with Crippen molar-refractivity contribution in [3.8, 4) is 0 Å². The summed E-state index contributed by atoms with van der Waals surface area (Å²) in [5.74, 6) is -0.0613. The standard InChI is InChI=1S/C11H17N3O2S/c1-7-6-17-10(14-7)5-13-11(15)9-3-2-8(4-12)16-9/h6,8-9H,2-5,12H2,1H3,(H,13,15)/t8-,9+/m1/s1. The molecule has 1 aromatic heterocycles. The second kappa shape index (κ2) is 5.57. The Morgan fingerprint density at radius 1 is 1.71 bits per heavy atom. The molecular weight excluding hydrogens is 238 g/mol. The number of aryl methyl sites for hydroxylation is 1. The van der Waals surface area contributed by atoms with Crippen molar-refractivity contribution in [1.29, 1.82) is 0 Å². The number of nitrogens with two attached hydrogens (primary N) is 1. The van der Waals surface area contributed by atoms with Gasteiger partial charge in [0.1, 0.15) is 11.1 Å². The van der Waals surface area contributed by atoms with Gasteiger partial charge in [-0.25, -0.2) is 4.98 Å². The Balaban J connectivity index is 1.78. The molecule has 2 rings (SSSR count). The number of amides is 1. The number of carbonyl (C=O) groups is 1. The Morgan fingerprint density at radius 2 is 2.53 bits per heavy atom. The maximum Gasteiger partial charge on any atom is 0.249 e. The Labute approximate surface area is 104 Å². The molecule has 6 heteroatoms. The number of aromatic nitrogens is 1. The van der Waals surface area contributed by atoms with Gasteiger partial charge in [0, 0.05) is 17.6 Å². The normalized spacial score (nSPS) is 23.9. The van der Waals surface area contributed by atoms with Crippen molar-refractivity contribution in [2.24, 2.45) is 5.73 Å². The van der Waals surface area contributed by atoms with Gasteiger partial charge in [-0.15, -0.1) is 11.3 Å². The third-order valence-electron chi connectivity index (χ3n) is 2.74. The summed E-state index contributed by atoms with van der Waals surface area (Å²) in [6.45, 7) is 2.90. The molecule has 17 heavy (non-hydrogen) atoms. The van der Waals surface area contributed by atoms with Gasteiger partial charge in [0.2, 0.25) is 5.91 Å². The number of rotatable bonds is 4. The quantitative estimate of drug-likeness (QED) is 0.825. The molecule has 0 radical (unpaired) electrons. The zero-order valence-corrected chi connectivity index (χ0v) is 10.6. The van der Waals surface area contributed by atoms with Crippen LogP contribution in [0.3, 0.4) is 0 Å². The molecule has 94 valence electrons. The molecule has 0 spiro atoms. The van der Waals surface area contributed by atoms with E-state index in [1.165, 1.54) is 0 Å². The number of hydrogen-bond acceptors (Lipinski definition) is 5. The monoisotopic (exact) mass is 255 g/mol. The van der Waals surface area contributed by atoms with Crippen LogP contribution in [0.25, 0.3) is 0 Å². The molecule has 3 N–H and O–H groups in total. The maximum atomic E-state index is 11.8. The number of carbonyl (C=O) groups excluding carboxylic acids is 1. The number of nitrogens with one attached hydrogen (secondary N) is 1. The Bertz CT molecular complexity index is 394. The molecule has 1 saturated heterocycles. The Kier molecular flexibility index (Phi) is 4.09. The molecule has 1 aromatic rings. The molecule has 0 aromatic carbocycles. The molecule has 5 nitrogen and oxygen atoms in total. The maximum absolute atomic E-state index is 11.8. The van der Waals surface area contributed by atoms with Gasteiger partial charge in [0.05, 0.1) is 12.6 Å². The number of ether oxygens (including phenoxy) is 1. The van der Waals surface area contributed by atoms with Crippen LogP contribution >= 0.6 is 11.3 Å². The second-order valence-electron chi connectivity index (χ2n) is 4.16. The van der Waals surface area contributed by atoms with E-state index in [4.69, 9.17) is 10.5 Å². The van der Waals surface area contributed by atoms with Gasteiger partial charge in [0.15, 0.2) is 0 Å². The summed E-state index contributed by atoms with van der Waals surface area (Å²) in [5.41, 5.74) is 6.48. The lowest BCUT2D eigenvalue weighted by molar-refractivity contribution is -0.132.